The second-order valence-corrected chi connectivity index (χ2v) is 5.76. The largest absolute Gasteiger partial charge is 0.399 e. The average molecular weight is 230 g/mol. The highest BCUT2D eigenvalue weighted by molar-refractivity contribution is 5.41. The zero-order valence-electron chi connectivity index (χ0n) is 10.6. The molecule has 1 saturated heterocycles. The standard InChI is InChI=1S/C15H22N2/c1-11-3-2-8-17(11)10-13-9-15(13)12-4-6-14(16)7-5-12/h4-7,11,13,15H,2-3,8-10,16H2,1H3/t11?,13-,15-/m1/s1. The van der Waals surface area contributed by atoms with Gasteiger partial charge in [0, 0.05) is 18.3 Å². The number of anilines is 1. The van der Waals surface area contributed by atoms with E-state index < -0.39 is 0 Å². The number of rotatable bonds is 3. The highest BCUT2D eigenvalue weighted by Gasteiger charge is 2.40. The van der Waals surface area contributed by atoms with Gasteiger partial charge in [0.05, 0.1) is 0 Å². The fourth-order valence-corrected chi connectivity index (χ4v) is 3.17. The Balaban J connectivity index is 1.57. The molecular formula is C15H22N2. The first-order chi connectivity index (χ1) is 8.24. The molecule has 1 aromatic carbocycles. The number of hydrogen-bond donors (Lipinski definition) is 1. The molecule has 2 heteroatoms. The average Bonchev–Trinajstić information content (AvgIpc) is 2.97. The third-order valence-corrected chi connectivity index (χ3v) is 4.45. The Labute approximate surface area is 104 Å². The highest BCUT2D eigenvalue weighted by Crippen LogP contribution is 2.48. The van der Waals surface area contributed by atoms with Crippen molar-refractivity contribution in [1.82, 2.24) is 4.90 Å². The van der Waals surface area contributed by atoms with Crippen molar-refractivity contribution in [3.8, 4) is 0 Å². The van der Waals surface area contributed by atoms with Crippen molar-refractivity contribution >= 4 is 5.69 Å². The molecule has 2 aliphatic rings. The predicted molar refractivity (Wildman–Crippen MR) is 72.0 cm³/mol. The summed E-state index contributed by atoms with van der Waals surface area (Å²) in [7, 11) is 0. The van der Waals surface area contributed by atoms with Crippen molar-refractivity contribution in [3.63, 3.8) is 0 Å². The van der Waals surface area contributed by atoms with Crippen LogP contribution >= 0.6 is 0 Å². The fraction of sp³-hybridized carbons (Fsp3) is 0.600. The van der Waals surface area contributed by atoms with Crippen LogP contribution in [0.4, 0.5) is 5.69 Å². The van der Waals surface area contributed by atoms with Gasteiger partial charge in [-0.3, -0.25) is 0 Å². The molecule has 0 spiro atoms. The van der Waals surface area contributed by atoms with E-state index in [1.165, 1.54) is 37.9 Å². The quantitative estimate of drug-likeness (QED) is 0.809. The molecule has 1 aromatic rings. The van der Waals surface area contributed by atoms with E-state index in [0.29, 0.717) is 0 Å². The zero-order chi connectivity index (χ0) is 11.8. The van der Waals surface area contributed by atoms with E-state index in [2.05, 4.69) is 24.0 Å². The van der Waals surface area contributed by atoms with Gasteiger partial charge in [-0.2, -0.15) is 0 Å². The Hall–Kier alpha value is -1.02. The predicted octanol–water partition coefficient (Wildman–Crippen LogP) is 2.86. The van der Waals surface area contributed by atoms with E-state index in [1.54, 1.807) is 0 Å². The molecule has 0 bridgehead atoms. The Kier molecular flexibility index (Phi) is 2.83. The van der Waals surface area contributed by atoms with Gasteiger partial charge in [0.2, 0.25) is 0 Å². The van der Waals surface area contributed by atoms with Crippen molar-refractivity contribution in [2.24, 2.45) is 5.92 Å². The molecule has 3 rings (SSSR count). The molecule has 1 aliphatic carbocycles. The van der Waals surface area contributed by atoms with Gasteiger partial charge in [0.15, 0.2) is 0 Å². The number of benzene rings is 1. The maximum absolute atomic E-state index is 5.72. The van der Waals surface area contributed by atoms with Crippen LogP contribution in [0.25, 0.3) is 0 Å². The first kappa shape index (κ1) is 11.1. The van der Waals surface area contributed by atoms with E-state index >= 15 is 0 Å². The van der Waals surface area contributed by atoms with Gasteiger partial charge in [-0.1, -0.05) is 12.1 Å². The number of nitrogens with two attached hydrogens (primary N) is 1. The highest BCUT2D eigenvalue weighted by atomic mass is 15.2. The molecule has 2 fully saturated rings. The maximum atomic E-state index is 5.72. The zero-order valence-corrected chi connectivity index (χ0v) is 10.6. The lowest BCUT2D eigenvalue weighted by atomic mass is 10.1. The molecule has 17 heavy (non-hydrogen) atoms. The molecule has 1 saturated carbocycles. The van der Waals surface area contributed by atoms with Crippen molar-refractivity contribution in [3.05, 3.63) is 29.8 Å². The molecular weight excluding hydrogens is 208 g/mol. The molecule has 0 aromatic heterocycles. The van der Waals surface area contributed by atoms with Crippen LogP contribution in [0.3, 0.4) is 0 Å². The molecule has 2 nitrogen and oxygen atoms in total. The van der Waals surface area contributed by atoms with Gasteiger partial charge >= 0.3 is 0 Å². The summed E-state index contributed by atoms with van der Waals surface area (Å²) in [5, 5.41) is 0. The summed E-state index contributed by atoms with van der Waals surface area (Å²) < 4.78 is 0. The third kappa shape index (κ3) is 2.32. The molecule has 3 atom stereocenters. The third-order valence-electron chi connectivity index (χ3n) is 4.45. The molecule has 1 aliphatic heterocycles. The van der Waals surface area contributed by atoms with Gasteiger partial charge in [-0.15, -0.1) is 0 Å². The van der Waals surface area contributed by atoms with Crippen LogP contribution in [0, 0.1) is 5.92 Å². The van der Waals surface area contributed by atoms with Gasteiger partial charge in [0.1, 0.15) is 0 Å². The summed E-state index contributed by atoms with van der Waals surface area (Å²) in [6.07, 6.45) is 4.15. The minimum Gasteiger partial charge on any atom is -0.399 e. The van der Waals surface area contributed by atoms with Crippen molar-refractivity contribution in [1.29, 1.82) is 0 Å². The molecule has 1 heterocycles. The molecule has 1 unspecified atom stereocenters. The van der Waals surface area contributed by atoms with Crippen LogP contribution in [-0.2, 0) is 0 Å². The summed E-state index contributed by atoms with van der Waals surface area (Å²) in [4.78, 5) is 2.67. The lowest BCUT2D eigenvalue weighted by Gasteiger charge is -2.20. The van der Waals surface area contributed by atoms with Crippen LogP contribution in [0.15, 0.2) is 24.3 Å². The van der Waals surface area contributed by atoms with Crippen LogP contribution < -0.4 is 5.73 Å². The van der Waals surface area contributed by atoms with Gasteiger partial charge in [0.25, 0.3) is 0 Å². The molecule has 92 valence electrons. The topological polar surface area (TPSA) is 29.3 Å². The summed E-state index contributed by atoms with van der Waals surface area (Å²) in [5.41, 5.74) is 8.08. The normalized spacial score (nSPS) is 32.9. The first-order valence-corrected chi connectivity index (χ1v) is 6.83. The Morgan fingerprint density at radius 2 is 2.06 bits per heavy atom. The van der Waals surface area contributed by atoms with Crippen molar-refractivity contribution in [2.45, 2.75) is 38.1 Å². The lowest BCUT2D eigenvalue weighted by Crippen LogP contribution is -2.29. The van der Waals surface area contributed by atoms with E-state index in [1.807, 2.05) is 12.1 Å². The monoisotopic (exact) mass is 230 g/mol. The summed E-state index contributed by atoms with van der Waals surface area (Å²) in [6, 6.07) is 9.27. The molecule has 0 amide bonds. The second-order valence-electron chi connectivity index (χ2n) is 5.76. The Morgan fingerprint density at radius 3 is 2.71 bits per heavy atom. The number of hydrogen-bond acceptors (Lipinski definition) is 2. The van der Waals surface area contributed by atoms with Gasteiger partial charge in [-0.05, 0) is 62.3 Å². The fourth-order valence-electron chi connectivity index (χ4n) is 3.17. The van der Waals surface area contributed by atoms with E-state index in [4.69, 9.17) is 5.73 Å². The van der Waals surface area contributed by atoms with Gasteiger partial charge in [-0.25, -0.2) is 0 Å². The smallest absolute Gasteiger partial charge is 0.0314 e. The lowest BCUT2D eigenvalue weighted by molar-refractivity contribution is 0.256. The summed E-state index contributed by atoms with van der Waals surface area (Å²) >= 11 is 0. The number of nitrogens with zero attached hydrogens (tertiary/aromatic N) is 1. The van der Waals surface area contributed by atoms with E-state index in [-0.39, 0.29) is 0 Å². The minimum atomic E-state index is 0.795. The van der Waals surface area contributed by atoms with Crippen LogP contribution in [0.5, 0.6) is 0 Å². The van der Waals surface area contributed by atoms with Crippen LogP contribution in [0.1, 0.15) is 37.7 Å². The summed E-state index contributed by atoms with van der Waals surface area (Å²) in [6.45, 7) is 4.98. The number of nitrogen functional groups attached to an aromatic ring is 1. The SMILES string of the molecule is CC1CCCN1C[C@H]1C[C@@H]1c1ccc(N)cc1. The van der Waals surface area contributed by atoms with Crippen LogP contribution in [-0.4, -0.2) is 24.0 Å². The maximum Gasteiger partial charge on any atom is 0.0314 e. The van der Waals surface area contributed by atoms with Crippen molar-refractivity contribution in [2.75, 3.05) is 18.8 Å². The molecule has 2 N–H and O–H groups in total. The van der Waals surface area contributed by atoms with E-state index in [9.17, 15) is 0 Å². The van der Waals surface area contributed by atoms with Crippen molar-refractivity contribution < 1.29 is 0 Å². The Bertz CT molecular complexity index is 384. The number of likely N-dealkylation sites (tertiary alicyclic amines) is 1. The first-order valence-electron chi connectivity index (χ1n) is 6.83. The molecule has 0 radical (unpaired) electrons. The van der Waals surface area contributed by atoms with Gasteiger partial charge < -0.3 is 10.6 Å². The second kappa shape index (κ2) is 4.34. The summed E-state index contributed by atoms with van der Waals surface area (Å²) in [5.74, 6) is 1.68. The van der Waals surface area contributed by atoms with Crippen LogP contribution in [0.2, 0.25) is 0 Å². The minimum absolute atomic E-state index is 0.795. The Morgan fingerprint density at radius 1 is 1.29 bits per heavy atom. The van der Waals surface area contributed by atoms with E-state index in [0.717, 1.165) is 23.6 Å².